The van der Waals surface area contributed by atoms with Crippen LogP contribution in [0.5, 0.6) is 0 Å². The molecular formula is C19H27N5O2. The van der Waals surface area contributed by atoms with Crippen LogP contribution in [0.15, 0.2) is 35.1 Å². The number of urea groups is 1. The van der Waals surface area contributed by atoms with E-state index in [1.165, 1.54) is 32.1 Å². The summed E-state index contributed by atoms with van der Waals surface area (Å²) < 4.78 is 5.19. The highest BCUT2D eigenvalue weighted by Crippen LogP contribution is 2.20. The molecule has 2 heterocycles. The SMILES string of the molecule is CCCCN1CCCC[C@H]1CNC(=O)Nc1cccc(-c2nnco2)c1. The van der Waals surface area contributed by atoms with Gasteiger partial charge in [-0.3, -0.25) is 4.90 Å². The van der Waals surface area contributed by atoms with Crippen LogP contribution in [0.1, 0.15) is 39.0 Å². The molecule has 0 saturated carbocycles. The highest BCUT2D eigenvalue weighted by molar-refractivity contribution is 5.89. The molecule has 26 heavy (non-hydrogen) atoms. The van der Waals surface area contributed by atoms with Crippen molar-refractivity contribution in [2.75, 3.05) is 25.0 Å². The zero-order valence-corrected chi connectivity index (χ0v) is 15.3. The standard InChI is InChI=1S/C19H27N5O2/c1-2-3-10-24-11-5-4-9-17(24)13-20-19(25)22-16-8-6-7-15(12-16)18-23-21-14-26-18/h6-8,12,14,17H,2-5,9-11,13H2,1H3,(H2,20,22,25)/t17-/m0/s1. The molecule has 2 aromatic rings. The van der Waals surface area contributed by atoms with E-state index in [4.69, 9.17) is 4.42 Å². The van der Waals surface area contributed by atoms with Crippen LogP contribution in [-0.4, -0.2) is 46.8 Å². The molecule has 0 unspecified atom stereocenters. The van der Waals surface area contributed by atoms with Gasteiger partial charge in [-0.2, -0.15) is 0 Å². The normalized spacial score (nSPS) is 17.8. The van der Waals surface area contributed by atoms with Crippen LogP contribution in [0.25, 0.3) is 11.5 Å². The molecular weight excluding hydrogens is 330 g/mol. The maximum atomic E-state index is 12.3. The number of piperidine rings is 1. The molecule has 2 amide bonds. The maximum absolute atomic E-state index is 12.3. The van der Waals surface area contributed by atoms with Crippen LogP contribution in [-0.2, 0) is 0 Å². The van der Waals surface area contributed by atoms with Crippen molar-refractivity contribution < 1.29 is 9.21 Å². The number of carbonyl (C=O) groups excluding carboxylic acids is 1. The minimum Gasteiger partial charge on any atom is -0.423 e. The second-order valence-electron chi connectivity index (χ2n) is 6.70. The third kappa shape index (κ3) is 5.05. The van der Waals surface area contributed by atoms with E-state index in [-0.39, 0.29) is 6.03 Å². The Hall–Kier alpha value is -2.41. The van der Waals surface area contributed by atoms with Crippen molar-refractivity contribution in [3.63, 3.8) is 0 Å². The summed E-state index contributed by atoms with van der Waals surface area (Å²) in [5.74, 6) is 0.433. The number of unbranched alkanes of at least 4 members (excludes halogenated alkanes) is 1. The fraction of sp³-hybridized carbons (Fsp3) is 0.526. The number of nitrogens with zero attached hydrogens (tertiary/aromatic N) is 3. The summed E-state index contributed by atoms with van der Waals surface area (Å²) in [7, 11) is 0. The Labute approximate surface area is 154 Å². The van der Waals surface area contributed by atoms with Crippen molar-refractivity contribution in [3.8, 4) is 11.5 Å². The summed E-state index contributed by atoms with van der Waals surface area (Å²) in [5, 5.41) is 13.5. The molecule has 0 spiro atoms. The van der Waals surface area contributed by atoms with E-state index in [1.807, 2.05) is 24.3 Å². The molecule has 1 aromatic carbocycles. The van der Waals surface area contributed by atoms with Gasteiger partial charge in [0.2, 0.25) is 12.3 Å². The first-order chi connectivity index (χ1) is 12.8. The Bertz CT molecular complexity index is 689. The minimum atomic E-state index is -0.186. The van der Waals surface area contributed by atoms with Crippen molar-refractivity contribution in [2.24, 2.45) is 0 Å². The van der Waals surface area contributed by atoms with Crippen LogP contribution in [0.3, 0.4) is 0 Å². The number of hydrogen-bond donors (Lipinski definition) is 2. The molecule has 3 rings (SSSR count). The van der Waals surface area contributed by atoms with Crippen LogP contribution in [0.4, 0.5) is 10.5 Å². The van der Waals surface area contributed by atoms with Crippen molar-refractivity contribution in [2.45, 2.75) is 45.1 Å². The Balaban J connectivity index is 1.51. The zero-order chi connectivity index (χ0) is 18.2. The smallest absolute Gasteiger partial charge is 0.319 e. The fourth-order valence-electron chi connectivity index (χ4n) is 3.36. The number of amides is 2. The molecule has 7 nitrogen and oxygen atoms in total. The van der Waals surface area contributed by atoms with Crippen LogP contribution >= 0.6 is 0 Å². The first-order valence-electron chi connectivity index (χ1n) is 9.41. The summed E-state index contributed by atoms with van der Waals surface area (Å²) in [6, 6.07) is 7.63. The minimum absolute atomic E-state index is 0.186. The Morgan fingerprint density at radius 3 is 3.12 bits per heavy atom. The first-order valence-corrected chi connectivity index (χ1v) is 9.41. The Morgan fingerprint density at radius 2 is 2.31 bits per heavy atom. The summed E-state index contributed by atoms with van der Waals surface area (Å²) in [5.41, 5.74) is 1.48. The molecule has 0 bridgehead atoms. The number of nitrogens with one attached hydrogen (secondary N) is 2. The number of aromatic nitrogens is 2. The third-order valence-corrected chi connectivity index (χ3v) is 4.77. The van der Waals surface area contributed by atoms with Crippen LogP contribution < -0.4 is 10.6 Å². The van der Waals surface area contributed by atoms with Gasteiger partial charge in [0.25, 0.3) is 0 Å². The van der Waals surface area contributed by atoms with E-state index >= 15 is 0 Å². The summed E-state index contributed by atoms with van der Waals surface area (Å²) >= 11 is 0. The average Bonchev–Trinajstić information content (AvgIpc) is 3.20. The molecule has 0 aliphatic carbocycles. The number of anilines is 1. The van der Waals surface area contributed by atoms with E-state index in [0.717, 1.165) is 25.1 Å². The molecule has 1 aliphatic heterocycles. The van der Waals surface area contributed by atoms with Crippen LogP contribution in [0, 0.1) is 0 Å². The lowest BCUT2D eigenvalue weighted by Gasteiger charge is -2.35. The van der Waals surface area contributed by atoms with E-state index in [0.29, 0.717) is 24.2 Å². The zero-order valence-electron chi connectivity index (χ0n) is 15.3. The van der Waals surface area contributed by atoms with E-state index in [9.17, 15) is 4.79 Å². The number of hydrogen-bond acceptors (Lipinski definition) is 5. The van der Waals surface area contributed by atoms with Gasteiger partial charge in [-0.05, 0) is 50.6 Å². The monoisotopic (exact) mass is 357 g/mol. The lowest BCUT2D eigenvalue weighted by Crippen LogP contribution is -2.47. The number of benzene rings is 1. The van der Waals surface area contributed by atoms with Gasteiger partial charge >= 0.3 is 6.03 Å². The van der Waals surface area contributed by atoms with Gasteiger partial charge in [-0.25, -0.2) is 4.79 Å². The number of rotatable bonds is 7. The fourth-order valence-corrected chi connectivity index (χ4v) is 3.36. The predicted molar refractivity (Wildman–Crippen MR) is 101 cm³/mol. The third-order valence-electron chi connectivity index (χ3n) is 4.77. The molecule has 1 saturated heterocycles. The topological polar surface area (TPSA) is 83.3 Å². The van der Waals surface area contributed by atoms with Crippen molar-refractivity contribution in [1.29, 1.82) is 0 Å². The van der Waals surface area contributed by atoms with Gasteiger partial charge in [-0.15, -0.1) is 10.2 Å². The average molecular weight is 357 g/mol. The molecule has 0 radical (unpaired) electrons. The molecule has 1 fully saturated rings. The number of carbonyl (C=O) groups is 1. The second-order valence-corrected chi connectivity index (χ2v) is 6.70. The van der Waals surface area contributed by atoms with Gasteiger partial charge in [0.1, 0.15) is 0 Å². The van der Waals surface area contributed by atoms with Gasteiger partial charge in [0.15, 0.2) is 0 Å². The lowest BCUT2D eigenvalue weighted by molar-refractivity contribution is 0.145. The van der Waals surface area contributed by atoms with Crippen molar-refractivity contribution >= 4 is 11.7 Å². The van der Waals surface area contributed by atoms with Gasteiger partial charge in [0, 0.05) is 23.8 Å². The van der Waals surface area contributed by atoms with Gasteiger partial charge < -0.3 is 15.1 Å². The predicted octanol–water partition coefficient (Wildman–Crippen LogP) is 3.51. The summed E-state index contributed by atoms with van der Waals surface area (Å²) in [6.45, 7) is 5.16. The summed E-state index contributed by atoms with van der Waals surface area (Å²) in [6.07, 6.45) is 7.35. The first kappa shape index (κ1) is 18.4. The molecule has 2 N–H and O–H groups in total. The van der Waals surface area contributed by atoms with Crippen molar-refractivity contribution in [1.82, 2.24) is 20.4 Å². The van der Waals surface area contributed by atoms with Crippen molar-refractivity contribution in [3.05, 3.63) is 30.7 Å². The molecule has 1 aromatic heterocycles. The molecule has 7 heteroatoms. The highest BCUT2D eigenvalue weighted by Gasteiger charge is 2.22. The molecule has 1 aliphatic rings. The van der Waals surface area contributed by atoms with Crippen LogP contribution in [0.2, 0.25) is 0 Å². The largest absolute Gasteiger partial charge is 0.423 e. The molecule has 1 atom stereocenters. The van der Waals surface area contributed by atoms with E-state index in [2.05, 4.69) is 32.7 Å². The second kappa shape index (κ2) is 9.33. The van der Waals surface area contributed by atoms with E-state index in [1.54, 1.807) is 0 Å². The summed E-state index contributed by atoms with van der Waals surface area (Å²) in [4.78, 5) is 14.8. The quantitative estimate of drug-likeness (QED) is 0.792. The maximum Gasteiger partial charge on any atom is 0.319 e. The molecule has 140 valence electrons. The van der Waals surface area contributed by atoms with Gasteiger partial charge in [0.05, 0.1) is 0 Å². The lowest BCUT2D eigenvalue weighted by atomic mass is 10.0. The Kier molecular flexibility index (Phi) is 6.60. The van der Waals surface area contributed by atoms with Gasteiger partial charge in [-0.1, -0.05) is 25.8 Å². The number of likely N-dealkylation sites (tertiary alicyclic amines) is 1. The highest BCUT2D eigenvalue weighted by atomic mass is 16.4. The Morgan fingerprint density at radius 1 is 1.38 bits per heavy atom. The van der Waals surface area contributed by atoms with E-state index < -0.39 is 0 Å².